The summed E-state index contributed by atoms with van der Waals surface area (Å²) in [5.74, 6) is 0.0882. The minimum absolute atomic E-state index is 0.138. The van der Waals surface area contributed by atoms with E-state index in [2.05, 4.69) is 14.7 Å². The molecule has 5 heteroatoms. The monoisotopic (exact) mass is 200 g/mol. The van der Waals surface area contributed by atoms with E-state index in [0.717, 1.165) is 0 Å². The Kier molecular flexibility index (Phi) is 3.19. The maximum atomic E-state index is 11.0. The number of aromatic nitrogens is 2. The van der Waals surface area contributed by atoms with Crippen molar-refractivity contribution in [2.75, 3.05) is 7.11 Å². The first-order chi connectivity index (χ1) is 6.19. The van der Waals surface area contributed by atoms with E-state index in [1.54, 1.807) is 0 Å². The Bertz CT molecular complexity index is 328. The second-order valence-electron chi connectivity index (χ2n) is 2.34. The van der Waals surface area contributed by atoms with Crippen LogP contribution in [0, 0.1) is 0 Å². The van der Waals surface area contributed by atoms with Gasteiger partial charge in [0.2, 0.25) is 0 Å². The molecule has 0 aromatic carbocycles. The van der Waals surface area contributed by atoms with Crippen LogP contribution in [0.1, 0.15) is 23.1 Å². The van der Waals surface area contributed by atoms with Crippen LogP contribution < -0.4 is 0 Å². The molecule has 4 nitrogen and oxygen atoms in total. The van der Waals surface area contributed by atoms with Gasteiger partial charge >= 0.3 is 5.97 Å². The summed E-state index contributed by atoms with van der Waals surface area (Å²) in [7, 11) is 1.28. The van der Waals surface area contributed by atoms with Crippen molar-refractivity contribution < 1.29 is 9.53 Å². The summed E-state index contributed by atoms with van der Waals surface area (Å²) in [6.07, 6.45) is 2.06. The molecule has 0 atom stereocenters. The third kappa shape index (κ3) is 2.15. The number of aryl methyl sites for hydroxylation is 1. The van der Waals surface area contributed by atoms with E-state index in [-0.39, 0.29) is 10.7 Å². The van der Waals surface area contributed by atoms with Gasteiger partial charge in [0, 0.05) is 12.6 Å². The molecule has 0 saturated carbocycles. The Morgan fingerprint density at radius 1 is 1.69 bits per heavy atom. The Labute approximate surface area is 80.9 Å². The maximum absolute atomic E-state index is 11.0. The average Bonchev–Trinajstić information content (AvgIpc) is 2.16. The fraction of sp³-hybridized carbons (Fsp3) is 0.375. The normalized spacial score (nSPS) is 9.77. The van der Waals surface area contributed by atoms with Crippen molar-refractivity contribution in [1.29, 1.82) is 0 Å². The smallest absolute Gasteiger partial charge is 0.342 e. The second kappa shape index (κ2) is 4.18. The SMILES string of the molecule is CCc1ncc(C(=O)OC)c(Cl)n1. The quantitative estimate of drug-likeness (QED) is 0.536. The molecule has 0 spiro atoms. The summed E-state index contributed by atoms with van der Waals surface area (Å²) >= 11 is 5.73. The fourth-order valence-corrected chi connectivity index (χ4v) is 1.04. The molecule has 0 fully saturated rings. The lowest BCUT2D eigenvalue weighted by molar-refractivity contribution is 0.0600. The lowest BCUT2D eigenvalue weighted by atomic mass is 10.3. The van der Waals surface area contributed by atoms with E-state index in [0.29, 0.717) is 12.2 Å². The van der Waals surface area contributed by atoms with Crippen molar-refractivity contribution in [3.05, 3.63) is 22.7 Å². The van der Waals surface area contributed by atoms with Crippen LogP contribution in [0.2, 0.25) is 5.15 Å². The van der Waals surface area contributed by atoms with Crippen LogP contribution in [0.25, 0.3) is 0 Å². The maximum Gasteiger partial charge on any atom is 0.342 e. The molecule has 1 heterocycles. The number of halogens is 1. The number of carbonyl (C=O) groups excluding carboxylic acids is 1. The molecule has 1 aromatic rings. The topological polar surface area (TPSA) is 52.1 Å². The highest BCUT2D eigenvalue weighted by Gasteiger charge is 2.12. The molecule has 0 bridgehead atoms. The number of rotatable bonds is 2. The van der Waals surface area contributed by atoms with Gasteiger partial charge in [-0.3, -0.25) is 0 Å². The zero-order valence-corrected chi connectivity index (χ0v) is 8.13. The molecule has 0 aliphatic carbocycles. The van der Waals surface area contributed by atoms with Crippen LogP contribution >= 0.6 is 11.6 Å². The third-order valence-electron chi connectivity index (χ3n) is 1.51. The van der Waals surface area contributed by atoms with Crippen molar-refractivity contribution in [3.63, 3.8) is 0 Å². The van der Waals surface area contributed by atoms with Crippen LogP contribution in [0.5, 0.6) is 0 Å². The Hall–Kier alpha value is -1.16. The largest absolute Gasteiger partial charge is 0.465 e. The predicted octanol–water partition coefficient (Wildman–Crippen LogP) is 1.48. The summed E-state index contributed by atoms with van der Waals surface area (Å²) in [6.45, 7) is 1.91. The van der Waals surface area contributed by atoms with Gasteiger partial charge in [0.15, 0.2) is 0 Å². The minimum Gasteiger partial charge on any atom is -0.465 e. The van der Waals surface area contributed by atoms with E-state index >= 15 is 0 Å². The van der Waals surface area contributed by atoms with Gasteiger partial charge in [-0.05, 0) is 0 Å². The van der Waals surface area contributed by atoms with E-state index in [1.807, 2.05) is 6.92 Å². The molecule has 0 unspecified atom stereocenters. The number of ether oxygens (including phenoxy) is 1. The van der Waals surface area contributed by atoms with Crippen molar-refractivity contribution in [1.82, 2.24) is 9.97 Å². The van der Waals surface area contributed by atoms with E-state index in [9.17, 15) is 4.79 Å². The summed E-state index contributed by atoms with van der Waals surface area (Å²) in [5.41, 5.74) is 0.196. The van der Waals surface area contributed by atoms with Gasteiger partial charge in [-0.2, -0.15) is 0 Å². The van der Waals surface area contributed by atoms with Crippen LogP contribution in [0.4, 0.5) is 0 Å². The lowest BCUT2D eigenvalue weighted by Crippen LogP contribution is -2.06. The molecule has 70 valence electrons. The van der Waals surface area contributed by atoms with Crippen molar-refractivity contribution >= 4 is 17.6 Å². The van der Waals surface area contributed by atoms with Crippen molar-refractivity contribution in [3.8, 4) is 0 Å². The van der Waals surface area contributed by atoms with Gasteiger partial charge in [0.05, 0.1) is 7.11 Å². The number of hydrogen-bond acceptors (Lipinski definition) is 4. The minimum atomic E-state index is -0.521. The number of methoxy groups -OCH3 is 1. The highest BCUT2D eigenvalue weighted by Crippen LogP contribution is 2.12. The molecule has 0 aliphatic rings. The zero-order valence-electron chi connectivity index (χ0n) is 7.37. The third-order valence-corrected chi connectivity index (χ3v) is 1.80. The molecule has 0 amide bonds. The number of hydrogen-bond donors (Lipinski definition) is 0. The zero-order chi connectivity index (χ0) is 9.84. The molecule has 1 rings (SSSR count). The molecule has 0 N–H and O–H groups in total. The van der Waals surface area contributed by atoms with Gasteiger partial charge in [0.1, 0.15) is 16.5 Å². The van der Waals surface area contributed by atoms with Gasteiger partial charge in [-0.15, -0.1) is 0 Å². The standard InChI is InChI=1S/C8H9ClN2O2/c1-3-6-10-4-5(7(9)11-6)8(12)13-2/h4H,3H2,1-2H3. The summed E-state index contributed by atoms with van der Waals surface area (Å²) in [6, 6.07) is 0. The molecule has 0 aliphatic heterocycles. The number of esters is 1. The molecule has 0 saturated heterocycles. The van der Waals surface area contributed by atoms with Crippen LogP contribution in [-0.4, -0.2) is 23.0 Å². The van der Waals surface area contributed by atoms with Gasteiger partial charge in [-0.25, -0.2) is 14.8 Å². The summed E-state index contributed by atoms with van der Waals surface area (Å²) < 4.78 is 4.49. The first kappa shape index (κ1) is 9.92. The van der Waals surface area contributed by atoms with E-state index in [4.69, 9.17) is 11.6 Å². The number of nitrogens with zero attached hydrogens (tertiary/aromatic N) is 2. The van der Waals surface area contributed by atoms with Gasteiger partial charge in [-0.1, -0.05) is 18.5 Å². The van der Waals surface area contributed by atoms with Crippen molar-refractivity contribution in [2.45, 2.75) is 13.3 Å². The molecule has 0 radical (unpaired) electrons. The molecule has 13 heavy (non-hydrogen) atoms. The Morgan fingerprint density at radius 3 is 2.85 bits per heavy atom. The first-order valence-electron chi connectivity index (χ1n) is 3.78. The Morgan fingerprint density at radius 2 is 2.38 bits per heavy atom. The highest BCUT2D eigenvalue weighted by molar-refractivity contribution is 6.32. The Balaban J connectivity index is 3.05. The van der Waals surface area contributed by atoms with Crippen molar-refractivity contribution in [2.24, 2.45) is 0 Å². The first-order valence-corrected chi connectivity index (χ1v) is 4.16. The summed E-state index contributed by atoms with van der Waals surface area (Å²) in [4.78, 5) is 18.9. The second-order valence-corrected chi connectivity index (χ2v) is 2.69. The van der Waals surface area contributed by atoms with Gasteiger partial charge in [0.25, 0.3) is 0 Å². The van der Waals surface area contributed by atoms with E-state index in [1.165, 1.54) is 13.3 Å². The molecular weight excluding hydrogens is 192 g/mol. The average molecular weight is 201 g/mol. The lowest BCUT2D eigenvalue weighted by Gasteiger charge is -2.01. The van der Waals surface area contributed by atoms with Crippen LogP contribution in [-0.2, 0) is 11.2 Å². The predicted molar refractivity (Wildman–Crippen MR) is 47.8 cm³/mol. The number of carbonyl (C=O) groups is 1. The highest BCUT2D eigenvalue weighted by atomic mass is 35.5. The molecule has 1 aromatic heterocycles. The van der Waals surface area contributed by atoms with Crippen LogP contribution in [0.15, 0.2) is 6.20 Å². The fourth-order valence-electron chi connectivity index (χ4n) is 0.812. The van der Waals surface area contributed by atoms with Crippen LogP contribution in [0.3, 0.4) is 0 Å². The van der Waals surface area contributed by atoms with Gasteiger partial charge < -0.3 is 4.74 Å². The summed E-state index contributed by atoms with van der Waals surface area (Å²) in [5, 5.41) is 0.138. The van der Waals surface area contributed by atoms with E-state index < -0.39 is 5.97 Å². The molecular formula is C8H9ClN2O2.